The molecule has 1 aliphatic heterocycles. The number of aryl methyl sites for hydroxylation is 2. The first kappa shape index (κ1) is 19.4. The summed E-state index contributed by atoms with van der Waals surface area (Å²) in [5.74, 6) is 0. The van der Waals surface area contributed by atoms with E-state index >= 15 is 0 Å². The molecule has 2 aromatic carbocycles. The van der Waals surface area contributed by atoms with E-state index in [1.807, 2.05) is 25.1 Å². The fourth-order valence-corrected chi connectivity index (χ4v) is 5.34. The Morgan fingerprint density at radius 3 is 2.42 bits per heavy atom. The highest BCUT2D eigenvalue weighted by atomic mass is 35.5. The minimum atomic E-state index is -3.50. The van der Waals surface area contributed by atoms with Crippen LogP contribution < -0.4 is 0 Å². The van der Waals surface area contributed by atoms with Crippen LogP contribution >= 0.6 is 11.6 Å². The van der Waals surface area contributed by atoms with Crippen molar-refractivity contribution in [1.82, 2.24) is 9.21 Å². The lowest BCUT2D eigenvalue weighted by Crippen LogP contribution is -2.35. The number of nitrogens with zero attached hydrogens (tertiary/aromatic N) is 2. The Labute approximate surface area is 161 Å². The molecule has 6 heteroatoms. The Kier molecular flexibility index (Phi) is 6.03. The molecule has 0 unspecified atom stereocenters. The molecule has 140 valence electrons. The number of hydrogen-bond acceptors (Lipinski definition) is 3. The SMILES string of the molecule is Cc1cc(S(=O)(=O)N2CCCN(Cc3ccccc3)CC2)c(C)cc1Cl. The summed E-state index contributed by atoms with van der Waals surface area (Å²) in [5.41, 5.74) is 2.75. The third-order valence-electron chi connectivity index (χ3n) is 4.87. The van der Waals surface area contributed by atoms with Crippen LogP contribution in [0.1, 0.15) is 23.1 Å². The molecular weight excluding hydrogens is 368 g/mol. The predicted molar refractivity (Wildman–Crippen MR) is 106 cm³/mol. The number of hydrogen-bond donors (Lipinski definition) is 0. The van der Waals surface area contributed by atoms with Crippen molar-refractivity contribution in [2.24, 2.45) is 0 Å². The van der Waals surface area contributed by atoms with Crippen LogP contribution in [0.15, 0.2) is 47.4 Å². The van der Waals surface area contributed by atoms with E-state index in [1.165, 1.54) is 5.56 Å². The molecule has 0 bridgehead atoms. The molecule has 0 aromatic heterocycles. The van der Waals surface area contributed by atoms with Crippen molar-refractivity contribution in [2.75, 3.05) is 26.2 Å². The topological polar surface area (TPSA) is 40.6 Å². The molecule has 0 amide bonds. The Morgan fingerprint density at radius 1 is 0.962 bits per heavy atom. The van der Waals surface area contributed by atoms with Crippen LogP contribution in [0.5, 0.6) is 0 Å². The first-order valence-corrected chi connectivity index (χ1v) is 10.7. The summed E-state index contributed by atoms with van der Waals surface area (Å²) in [7, 11) is -3.50. The molecule has 26 heavy (non-hydrogen) atoms. The van der Waals surface area contributed by atoms with Crippen molar-refractivity contribution in [3.63, 3.8) is 0 Å². The second kappa shape index (κ2) is 8.09. The van der Waals surface area contributed by atoms with Gasteiger partial charge in [-0.1, -0.05) is 41.9 Å². The van der Waals surface area contributed by atoms with Gasteiger partial charge in [-0.15, -0.1) is 0 Å². The minimum Gasteiger partial charge on any atom is -0.298 e. The monoisotopic (exact) mass is 392 g/mol. The fourth-order valence-electron chi connectivity index (χ4n) is 3.36. The zero-order valence-corrected chi connectivity index (χ0v) is 16.9. The molecule has 2 aromatic rings. The van der Waals surface area contributed by atoms with Gasteiger partial charge in [0, 0.05) is 31.2 Å². The first-order valence-electron chi connectivity index (χ1n) is 8.91. The Balaban J connectivity index is 1.75. The number of rotatable bonds is 4. The van der Waals surface area contributed by atoms with Crippen molar-refractivity contribution in [3.05, 3.63) is 64.2 Å². The summed E-state index contributed by atoms with van der Waals surface area (Å²) < 4.78 is 27.9. The van der Waals surface area contributed by atoms with Crippen LogP contribution in [-0.2, 0) is 16.6 Å². The minimum absolute atomic E-state index is 0.371. The van der Waals surface area contributed by atoms with Crippen LogP contribution in [0, 0.1) is 13.8 Å². The van der Waals surface area contributed by atoms with Gasteiger partial charge in [-0.25, -0.2) is 8.42 Å². The maximum atomic E-state index is 13.2. The van der Waals surface area contributed by atoms with Crippen LogP contribution in [0.2, 0.25) is 5.02 Å². The Morgan fingerprint density at radius 2 is 1.69 bits per heavy atom. The maximum absolute atomic E-state index is 13.2. The zero-order chi connectivity index (χ0) is 18.7. The van der Waals surface area contributed by atoms with Crippen molar-refractivity contribution in [1.29, 1.82) is 0 Å². The summed E-state index contributed by atoms with van der Waals surface area (Å²) >= 11 is 6.13. The van der Waals surface area contributed by atoms with Gasteiger partial charge in [0.2, 0.25) is 10.0 Å². The number of sulfonamides is 1. The van der Waals surface area contributed by atoms with E-state index in [9.17, 15) is 8.42 Å². The molecule has 0 N–H and O–H groups in total. The summed E-state index contributed by atoms with van der Waals surface area (Å²) in [5, 5.41) is 0.603. The maximum Gasteiger partial charge on any atom is 0.243 e. The molecule has 1 saturated heterocycles. The highest BCUT2D eigenvalue weighted by Crippen LogP contribution is 2.27. The molecule has 0 aliphatic carbocycles. The van der Waals surface area contributed by atoms with Gasteiger partial charge in [0.15, 0.2) is 0 Å². The van der Waals surface area contributed by atoms with Gasteiger partial charge >= 0.3 is 0 Å². The normalized spacial score (nSPS) is 17.2. The van der Waals surface area contributed by atoms with Crippen LogP contribution in [0.3, 0.4) is 0 Å². The smallest absolute Gasteiger partial charge is 0.243 e. The second-order valence-electron chi connectivity index (χ2n) is 6.89. The quantitative estimate of drug-likeness (QED) is 0.793. The lowest BCUT2D eigenvalue weighted by molar-refractivity contribution is 0.278. The van der Waals surface area contributed by atoms with Crippen LogP contribution in [0.4, 0.5) is 0 Å². The van der Waals surface area contributed by atoms with Gasteiger partial charge in [-0.05, 0) is 55.6 Å². The highest BCUT2D eigenvalue weighted by molar-refractivity contribution is 7.89. The molecule has 1 heterocycles. The van der Waals surface area contributed by atoms with E-state index in [0.717, 1.165) is 31.6 Å². The Hall–Kier alpha value is -1.40. The molecule has 0 spiro atoms. The molecule has 4 nitrogen and oxygen atoms in total. The molecule has 3 rings (SSSR count). The van der Waals surface area contributed by atoms with Crippen molar-refractivity contribution >= 4 is 21.6 Å². The molecule has 1 fully saturated rings. The van der Waals surface area contributed by atoms with Crippen LogP contribution in [0.25, 0.3) is 0 Å². The standard InChI is InChI=1S/C20H25ClN2O2S/c1-16-14-20(17(2)13-19(16)21)26(24,25)23-10-6-9-22(11-12-23)15-18-7-4-3-5-8-18/h3-5,7-8,13-14H,6,9-12,15H2,1-2H3. The van der Waals surface area contributed by atoms with Crippen LogP contribution in [-0.4, -0.2) is 43.8 Å². The van der Waals surface area contributed by atoms with Crippen molar-refractivity contribution < 1.29 is 8.42 Å². The largest absolute Gasteiger partial charge is 0.298 e. The average Bonchev–Trinajstić information content (AvgIpc) is 2.85. The highest BCUT2D eigenvalue weighted by Gasteiger charge is 2.28. The molecule has 0 radical (unpaired) electrons. The third kappa shape index (κ3) is 4.29. The summed E-state index contributed by atoms with van der Waals surface area (Å²) in [6.07, 6.45) is 0.831. The van der Waals surface area contributed by atoms with Crippen molar-refractivity contribution in [3.8, 4) is 0 Å². The van der Waals surface area contributed by atoms with E-state index in [-0.39, 0.29) is 0 Å². The fraction of sp³-hybridized carbons (Fsp3) is 0.400. The molecule has 0 atom stereocenters. The average molecular weight is 393 g/mol. The summed E-state index contributed by atoms with van der Waals surface area (Å²) in [6, 6.07) is 13.7. The van der Waals surface area contributed by atoms with Crippen molar-refractivity contribution in [2.45, 2.75) is 31.7 Å². The van der Waals surface area contributed by atoms with Gasteiger partial charge in [0.1, 0.15) is 0 Å². The third-order valence-corrected chi connectivity index (χ3v) is 7.32. The lowest BCUT2D eigenvalue weighted by atomic mass is 10.2. The van der Waals surface area contributed by atoms with E-state index in [4.69, 9.17) is 11.6 Å². The van der Waals surface area contributed by atoms with E-state index in [2.05, 4.69) is 17.0 Å². The number of halogens is 1. The first-order chi connectivity index (χ1) is 12.4. The van der Waals surface area contributed by atoms with E-state index in [1.54, 1.807) is 23.4 Å². The molecule has 1 aliphatic rings. The molecular formula is C20H25ClN2O2S. The zero-order valence-electron chi connectivity index (χ0n) is 15.3. The number of benzene rings is 2. The Bertz CT molecular complexity index is 869. The van der Waals surface area contributed by atoms with E-state index in [0.29, 0.717) is 28.6 Å². The van der Waals surface area contributed by atoms with Gasteiger partial charge in [0.25, 0.3) is 0 Å². The summed E-state index contributed by atoms with van der Waals surface area (Å²) in [6.45, 7) is 7.20. The predicted octanol–water partition coefficient (Wildman–Crippen LogP) is 3.85. The van der Waals surface area contributed by atoms with Gasteiger partial charge in [0.05, 0.1) is 4.90 Å². The van der Waals surface area contributed by atoms with Gasteiger partial charge < -0.3 is 0 Å². The van der Waals surface area contributed by atoms with E-state index < -0.39 is 10.0 Å². The van der Waals surface area contributed by atoms with Gasteiger partial charge in [-0.2, -0.15) is 4.31 Å². The lowest BCUT2D eigenvalue weighted by Gasteiger charge is -2.23. The summed E-state index contributed by atoms with van der Waals surface area (Å²) in [4.78, 5) is 2.70. The van der Waals surface area contributed by atoms with Gasteiger partial charge in [-0.3, -0.25) is 4.90 Å². The molecule has 0 saturated carbocycles. The second-order valence-corrected chi connectivity index (χ2v) is 9.20.